The number of rotatable bonds is 7. The number of carbonyl (C=O) groups excluding carboxylic acids is 1. The largest absolute Gasteiger partial charge is 0.336 e. The Hall–Kier alpha value is -2.47. The summed E-state index contributed by atoms with van der Waals surface area (Å²) in [5.74, 6) is 0.234. The van der Waals surface area contributed by atoms with Gasteiger partial charge in [-0.2, -0.15) is 0 Å². The monoisotopic (exact) mass is 394 g/mol. The maximum atomic E-state index is 12.6. The van der Waals surface area contributed by atoms with Crippen LogP contribution in [-0.4, -0.2) is 31.9 Å². The summed E-state index contributed by atoms with van der Waals surface area (Å²) in [5, 5.41) is 3.20. The second-order valence-corrected chi connectivity index (χ2v) is 8.31. The van der Waals surface area contributed by atoms with Crippen LogP contribution in [0.15, 0.2) is 42.0 Å². The van der Waals surface area contributed by atoms with Gasteiger partial charge in [0.1, 0.15) is 0 Å². The number of aromatic nitrogens is 3. The van der Waals surface area contributed by atoms with Gasteiger partial charge in [0.15, 0.2) is 0 Å². The summed E-state index contributed by atoms with van der Waals surface area (Å²) in [5.41, 5.74) is 4.76. The Morgan fingerprint density at radius 3 is 2.86 bits per heavy atom. The van der Waals surface area contributed by atoms with Gasteiger partial charge in [0, 0.05) is 42.7 Å². The third-order valence-corrected chi connectivity index (χ3v) is 6.30. The molecule has 0 bridgehead atoms. The number of amides is 1. The fourth-order valence-corrected chi connectivity index (χ4v) is 4.55. The van der Waals surface area contributed by atoms with Crippen LogP contribution >= 0.6 is 11.3 Å². The van der Waals surface area contributed by atoms with Crippen molar-refractivity contribution >= 4 is 17.2 Å². The first-order chi connectivity index (χ1) is 13.7. The molecule has 0 saturated carbocycles. The van der Waals surface area contributed by atoms with Crippen molar-refractivity contribution in [1.82, 2.24) is 19.4 Å². The van der Waals surface area contributed by atoms with E-state index in [1.165, 1.54) is 11.3 Å². The average Bonchev–Trinajstić information content (AvgIpc) is 3.32. The maximum absolute atomic E-state index is 12.6. The molecule has 0 spiro atoms. The van der Waals surface area contributed by atoms with E-state index in [4.69, 9.17) is 0 Å². The molecule has 0 N–H and O–H groups in total. The molecule has 4 rings (SSSR count). The summed E-state index contributed by atoms with van der Waals surface area (Å²) in [6.07, 6.45) is 6.16. The molecule has 0 aliphatic carbocycles. The van der Waals surface area contributed by atoms with Crippen LogP contribution in [-0.2, 0) is 37.1 Å². The van der Waals surface area contributed by atoms with E-state index in [-0.39, 0.29) is 5.91 Å². The van der Waals surface area contributed by atoms with E-state index in [2.05, 4.69) is 44.2 Å². The Labute approximate surface area is 170 Å². The molecule has 1 amide bonds. The lowest BCUT2D eigenvalue weighted by Crippen LogP contribution is -2.36. The predicted molar refractivity (Wildman–Crippen MR) is 111 cm³/mol. The molecule has 1 aromatic carbocycles. The van der Waals surface area contributed by atoms with Crippen molar-refractivity contribution in [2.75, 3.05) is 6.54 Å². The minimum absolute atomic E-state index is 0.234. The van der Waals surface area contributed by atoms with Crippen molar-refractivity contribution in [1.29, 1.82) is 0 Å². The third-order valence-electron chi connectivity index (χ3n) is 5.28. The minimum Gasteiger partial charge on any atom is -0.336 e. The molecule has 1 aliphatic heterocycles. The molecule has 0 fully saturated rings. The second-order valence-electron chi connectivity index (χ2n) is 7.37. The molecule has 5 nitrogen and oxygen atoms in total. The summed E-state index contributed by atoms with van der Waals surface area (Å²) in [7, 11) is 0. The van der Waals surface area contributed by atoms with Crippen molar-refractivity contribution in [2.24, 2.45) is 0 Å². The Morgan fingerprint density at radius 2 is 2.07 bits per heavy atom. The van der Waals surface area contributed by atoms with E-state index in [0.717, 1.165) is 55.2 Å². The normalized spacial score (nSPS) is 13.5. The van der Waals surface area contributed by atoms with Crippen LogP contribution in [0, 0.1) is 6.92 Å². The van der Waals surface area contributed by atoms with Crippen LogP contribution in [0.1, 0.15) is 40.5 Å². The summed E-state index contributed by atoms with van der Waals surface area (Å²) in [6, 6.07) is 10.5. The molecule has 2 aromatic heterocycles. The van der Waals surface area contributed by atoms with Gasteiger partial charge in [-0.3, -0.25) is 4.79 Å². The molecule has 3 aromatic rings. The lowest BCUT2D eigenvalue weighted by molar-refractivity contribution is -0.132. The number of nitrogens with zero attached hydrogens (tertiary/aromatic N) is 4. The molecule has 146 valence electrons. The lowest BCUT2D eigenvalue weighted by Gasteiger charge is -2.27. The van der Waals surface area contributed by atoms with Crippen LogP contribution in [0.5, 0.6) is 0 Å². The highest BCUT2D eigenvalue weighted by molar-refractivity contribution is 7.09. The number of fused-ring (bicyclic) bond motifs is 1. The van der Waals surface area contributed by atoms with Crippen molar-refractivity contribution in [2.45, 2.75) is 52.1 Å². The lowest BCUT2D eigenvalue weighted by atomic mass is 10.1. The van der Waals surface area contributed by atoms with Gasteiger partial charge < -0.3 is 9.47 Å². The van der Waals surface area contributed by atoms with E-state index in [9.17, 15) is 4.79 Å². The maximum Gasteiger partial charge on any atom is 0.222 e. The van der Waals surface area contributed by atoms with Gasteiger partial charge >= 0.3 is 0 Å². The fourth-order valence-electron chi connectivity index (χ4n) is 3.74. The molecular formula is C22H26N4OS. The van der Waals surface area contributed by atoms with Crippen molar-refractivity contribution < 1.29 is 4.79 Å². The highest BCUT2D eigenvalue weighted by atomic mass is 32.1. The number of hydrogen-bond donors (Lipinski definition) is 0. The first kappa shape index (κ1) is 18.9. The number of hydrogen-bond acceptors (Lipinski definition) is 4. The van der Waals surface area contributed by atoms with Crippen LogP contribution in [0.3, 0.4) is 0 Å². The standard InChI is InChI=1S/C22H26N4OS/c1-17-15-28-21(24-17)8-5-9-22(27)25-13-11-20-19(14-25)23-16-26(20)12-10-18-6-3-2-4-7-18/h2-4,6-7,15-16H,5,8-14H2,1H3. The molecule has 0 atom stereocenters. The van der Waals surface area contributed by atoms with Crippen LogP contribution in [0.25, 0.3) is 0 Å². The van der Waals surface area contributed by atoms with Crippen molar-refractivity contribution in [3.05, 3.63) is 69.7 Å². The number of thiazole rings is 1. The molecule has 28 heavy (non-hydrogen) atoms. The number of aryl methyl sites for hydroxylation is 4. The zero-order valence-corrected chi connectivity index (χ0v) is 17.1. The van der Waals surface area contributed by atoms with Gasteiger partial charge in [0.2, 0.25) is 5.91 Å². The SMILES string of the molecule is Cc1csc(CCCC(=O)N2CCc3c(ncn3CCc3ccccc3)C2)n1. The van der Waals surface area contributed by atoms with Gasteiger partial charge in [-0.15, -0.1) is 11.3 Å². The van der Waals surface area contributed by atoms with E-state index in [0.29, 0.717) is 13.0 Å². The minimum atomic E-state index is 0.234. The van der Waals surface area contributed by atoms with Gasteiger partial charge in [-0.1, -0.05) is 30.3 Å². The number of carbonyl (C=O) groups is 1. The van der Waals surface area contributed by atoms with Crippen molar-refractivity contribution in [3.8, 4) is 0 Å². The molecule has 1 aliphatic rings. The number of benzene rings is 1. The van der Waals surface area contributed by atoms with Gasteiger partial charge in [0.25, 0.3) is 0 Å². The molecule has 0 unspecified atom stereocenters. The molecular weight excluding hydrogens is 368 g/mol. The first-order valence-electron chi connectivity index (χ1n) is 9.94. The summed E-state index contributed by atoms with van der Waals surface area (Å²) < 4.78 is 2.26. The topological polar surface area (TPSA) is 51.0 Å². The summed E-state index contributed by atoms with van der Waals surface area (Å²) in [6.45, 7) is 4.38. The number of imidazole rings is 1. The average molecular weight is 395 g/mol. The smallest absolute Gasteiger partial charge is 0.222 e. The predicted octanol–water partition coefficient (Wildman–Crippen LogP) is 3.80. The fraction of sp³-hybridized carbons (Fsp3) is 0.409. The molecule has 6 heteroatoms. The second kappa shape index (κ2) is 8.69. The first-order valence-corrected chi connectivity index (χ1v) is 10.8. The highest BCUT2D eigenvalue weighted by Crippen LogP contribution is 2.20. The van der Waals surface area contributed by atoms with Crippen molar-refractivity contribution in [3.63, 3.8) is 0 Å². The highest BCUT2D eigenvalue weighted by Gasteiger charge is 2.24. The van der Waals surface area contributed by atoms with E-state index >= 15 is 0 Å². The molecule has 0 radical (unpaired) electrons. The van der Waals surface area contributed by atoms with Gasteiger partial charge in [-0.25, -0.2) is 9.97 Å². The Morgan fingerprint density at radius 1 is 1.21 bits per heavy atom. The van der Waals surface area contributed by atoms with Gasteiger partial charge in [-0.05, 0) is 31.7 Å². The van der Waals surface area contributed by atoms with Gasteiger partial charge in [0.05, 0.1) is 23.6 Å². The van der Waals surface area contributed by atoms with E-state index in [1.807, 2.05) is 24.2 Å². The van der Waals surface area contributed by atoms with E-state index < -0.39 is 0 Å². The van der Waals surface area contributed by atoms with E-state index in [1.54, 1.807) is 11.3 Å². The van der Waals surface area contributed by atoms with Crippen LogP contribution in [0.4, 0.5) is 0 Å². The Kier molecular flexibility index (Phi) is 5.86. The quantitative estimate of drug-likeness (QED) is 0.612. The third kappa shape index (κ3) is 4.50. The Balaban J connectivity index is 1.28. The van der Waals surface area contributed by atoms with Crippen LogP contribution in [0.2, 0.25) is 0 Å². The zero-order valence-electron chi connectivity index (χ0n) is 16.3. The van der Waals surface area contributed by atoms with Crippen LogP contribution < -0.4 is 0 Å². The molecule has 0 saturated heterocycles. The molecule has 3 heterocycles. The Bertz CT molecular complexity index is 931. The summed E-state index contributed by atoms with van der Waals surface area (Å²) in [4.78, 5) is 23.6. The zero-order chi connectivity index (χ0) is 19.3. The summed E-state index contributed by atoms with van der Waals surface area (Å²) >= 11 is 1.68.